The molecule has 0 bridgehead atoms. The molecular formula is C21H16N2O4. The SMILES string of the molecule is NC(=O)c1ccccc1-c1ccc(C(=O)O)cc1-c1ccccc1C(N)=O. The van der Waals surface area contributed by atoms with Crippen LogP contribution in [0.3, 0.4) is 0 Å². The maximum Gasteiger partial charge on any atom is 0.335 e. The van der Waals surface area contributed by atoms with Crippen molar-refractivity contribution >= 4 is 17.8 Å². The van der Waals surface area contributed by atoms with Crippen molar-refractivity contribution in [3.63, 3.8) is 0 Å². The molecule has 3 aromatic rings. The number of benzene rings is 3. The largest absolute Gasteiger partial charge is 0.478 e. The number of carboxylic acids is 1. The Morgan fingerprint density at radius 2 is 1.11 bits per heavy atom. The summed E-state index contributed by atoms with van der Waals surface area (Å²) >= 11 is 0. The van der Waals surface area contributed by atoms with Crippen LogP contribution in [-0.4, -0.2) is 22.9 Å². The van der Waals surface area contributed by atoms with E-state index in [1.807, 2.05) is 0 Å². The van der Waals surface area contributed by atoms with E-state index >= 15 is 0 Å². The Labute approximate surface area is 155 Å². The zero-order valence-corrected chi connectivity index (χ0v) is 14.2. The van der Waals surface area contributed by atoms with E-state index in [0.29, 0.717) is 27.8 Å². The number of nitrogens with two attached hydrogens (primary N) is 2. The summed E-state index contributed by atoms with van der Waals surface area (Å²) in [5.74, 6) is -2.36. The molecule has 6 heteroatoms. The van der Waals surface area contributed by atoms with Crippen LogP contribution in [0.1, 0.15) is 31.1 Å². The van der Waals surface area contributed by atoms with Gasteiger partial charge in [0.05, 0.1) is 5.56 Å². The van der Waals surface area contributed by atoms with E-state index in [0.717, 1.165) is 0 Å². The highest BCUT2D eigenvalue weighted by Gasteiger charge is 2.19. The van der Waals surface area contributed by atoms with Crippen LogP contribution < -0.4 is 11.5 Å². The molecule has 0 aromatic heterocycles. The predicted octanol–water partition coefficient (Wildman–Crippen LogP) is 2.92. The zero-order valence-electron chi connectivity index (χ0n) is 14.2. The van der Waals surface area contributed by atoms with Gasteiger partial charge in [-0.2, -0.15) is 0 Å². The van der Waals surface area contributed by atoms with Crippen LogP contribution in [0.25, 0.3) is 22.3 Å². The Bertz CT molecular complexity index is 1070. The maximum atomic E-state index is 11.9. The topological polar surface area (TPSA) is 123 Å². The minimum absolute atomic E-state index is 0.0459. The summed E-state index contributed by atoms with van der Waals surface area (Å²) in [5.41, 5.74) is 13.6. The van der Waals surface area contributed by atoms with Gasteiger partial charge < -0.3 is 16.6 Å². The van der Waals surface area contributed by atoms with Crippen molar-refractivity contribution in [1.82, 2.24) is 0 Å². The Balaban J connectivity index is 2.37. The number of amides is 2. The third-order valence-electron chi connectivity index (χ3n) is 4.23. The fourth-order valence-corrected chi connectivity index (χ4v) is 3.00. The molecule has 0 aliphatic carbocycles. The maximum absolute atomic E-state index is 11.9. The van der Waals surface area contributed by atoms with Crippen LogP contribution in [0.4, 0.5) is 0 Å². The minimum Gasteiger partial charge on any atom is -0.478 e. The van der Waals surface area contributed by atoms with Gasteiger partial charge in [0.1, 0.15) is 0 Å². The first kappa shape index (κ1) is 17.9. The van der Waals surface area contributed by atoms with Gasteiger partial charge in [0.25, 0.3) is 0 Å². The third-order valence-corrected chi connectivity index (χ3v) is 4.23. The molecule has 3 rings (SSSR count). The van der Waals surface area contributed by atoms with Crippen molar-refractivity contribution < 1.29 is 19.5 Å². The number of carbonyl (C=O) groups excluding carboxylic acids is 2. The zero-order chi connectivity index (χ0) is 19.6. The first-order chi connectivity index (χ1) is 12.9. The number of hydrogen-bond donors (Lipinski definition) is 3. The Hall–Kier alpha value is -3.93. The number of aromatic carboxylic acids is 1. The van der Waals surface area contributed by atoms with Crippen molar-refractivity contribution in [2.75, 3.05) is 0 Å². The summed E-state index contributed by atoms with van der Waals surface area (Å²) in [6, 6.07) is 17.9. The second-order valence-electron chi connectivity index (χ2n) is 5.89. The summed E-state index contributed by atoms with van der Waals surface area (Å²) in [4.78, 5) is 35.2. The molecule has 134 valence electrons. The van der Waals surface area contributed by atoms with Crippen molar-refractivity contribution in [3.8, 4) is 22.3 Å². The monoisotopic (exact) mass is 360 g/mol. The molecule has 0 heterocycles. The van der Waals surface area contributed by atoms with Gasteiger partial charge in [0, 0.05) is 11.1 Å². The lowest BCUT2D eigenvalue weighted by Gasteiger charge is -2.15. The lowest BCUT2D eigenvalue weighted by molar-refractivity contribution is 0.0696. The molecule has 2 amide bonds. The fraction of sp³-hybridized carbons (Fsp3) is 0. The summed E-state index contributed by atoms with van der Waals surface area (Å²) in [6.45, 7) is 0. The Kier molecular flexibility index (Phi) is 4.72. The molecule has 0 saturated heterocycles. The van der Waals surface area contributed by atoms with E-state index in [4.69, 9.17) is 11.5 Å². The van der Waals surface area contributed by atoms with Crippen molar-refractivity contribution in [2.24, 2.45) is 11.5 Å². The first-order valence-electron chi connectivity index (χ1n) is 8.06. The molecular weight excluding hydrogens is 344 g/mol. The quantitative estimate of drug-likeness (QED) is 0.647. The minimum atomic E-state index is -1.11. The number of hydrogen-bond acceptors (Lipinski definition) is 3. The van der Waals surface area contributed by atoms with Crippen LogP contribution in [0.15, 0.2) is 66.7 Å². The van der Waals surface area contributed by atoms with E-state index in [9.17, 15) is 19.5 Å². The highest BCUT2D eigenvalue weighted by Crippen LogP contribution is 2.36. The van der Waals surface area contributed by atoms with Crippen molar-refractivity contribution in [2.45, 2.75) is 0 Å². The molecule has 0 spiro atoms. The molecule has 0 unspecified atom stereocenters. The van der Waals surface area contributed by atoms with Gasteiger partial charge in [0.2, 0.25) is 11.8 Å². The molecule has 5 N–H and O–H groups in total. The van der Waals surface area contributed by atoms with Gasteiger partial charge in [0.15, 0.2) is 0 Å². The number of carboxylic acid groups (broad SMARTS) is 1. The fourth-order valence-electron chi connectivity index (χ4n) is 3.00. The average Bonchev–Trinajstić information content (AvgIpc) is 2.67. The van der Waals surface area contributed by atoms with Crippen LogP contribution in [0.2, 0.25) is 0 Å². The van der Waals surface area contributed by atoms with Gasteiger partial charge in [-0.05, 0) is 46.5 Å². The number of carbonyl (C=O) groups is 3. The van der Waals surface area contributed by atoms with Crippen LogP contribution in [0, 0.1) is 0 Å². The standard InChI is InChI=1S/C21H16N2O4/c22-19(24)16-7-3-1-5-13(16)15-10-9-12(21(26)27)11-18(15)14-6-2-4-8-17(14)20(23)25/h1-11H,(H2,22,24)(H2,23,25)(H,26,27). The van der Waals surface area contributed by atoms with Crippen LogP contribution in [0.5, 0.6) is 0 Å². The van der Waals surface area contributed by atoms with E-state index in [-0.39, 0.29) is 11.1 Å². The van der Waals surface area contributed by atoms with E-state index in [1.54, 1.807) is 54.6 Å². The second kappa shape index (κ2) is 7.13. The van der Waals surface area contributed by atoms with Crippen LogP contribution in [-0.2, 0) is 0 Å². The van der Waals surface area contributed by atoms with E-state index < -0.39 is 17.8 Å². The molecule has 0 aliphatic rings. The molecule has 0 fully saturated rings. The Morgan fingerprint density at radius 3 is 1.59 bits per heavy atom. The third kappa shape index (κ3) is 3.41. The molecule has 3 aromatic carbocycles. The van der Waals surface area contributed by atoms with Gasteiger partial charge in [-0.1, -0.05) is 42.5 Å². The van der Waals surface area contributed by atoms with Gasteiger partial charge in [-0.3, -0.25) is 9.59 Å². The number of primary amides is 2. The van der Waals surface area contributed by atoms with E-state index in [2.05, 4.69) is 0 Å². The van der Waals surface area contributed by atoms with Crippen molar-refractivity contribution in [3.05, 3.63) is 83.4 Å². The second-order valence-corrected chi connectivity index (χ2v) is 5.89. The molecule has 6 nitrogen and oxygen atoms in total. The average molecular weight is 360 g/mol. The summed E-state index contributed by atoms with van der Waals surface area (Å²) in [5, 5.41) is 9.37. The molecule has 0 aliphatic heterocycles. The van der Waals surface area contributed by atoms with Crippen molar-refractivity contribution in [1.29, 1.82) is 0 Å². The molecule has 0 radical (unpaired) electrons. The van der Waals surface area contributed by atoms with Gasteiger partial charge in [-0.25, -0.2) is 4.79 Å². The number of rotatable bonds is 5. The summed E-state index contributed by atoms with van der Waals surface area (Å²) in [7, 11) is 0. The highest BCUT2D eigenvalue weighted by atomic mass is 16.4. The van der Waals surface area contributed by atoms with Gasteiger partial charge in [-0.15, -0.1) is 0 Å². The summed E-state index contributed by atoms with van der Waals surface area (Å²) in [6.07, 6.45) is 0. The van der Waals surface area contributed by atoms with Crippen LogP contribution >= 0.6 is 0 Å². The summed E-state index contributed by atoms with van der Waals surface area (Å²) < 4.78 is 0. The normalized spacial score (nSPS) is 10.4. The lowest BCUT2D eigenvalue weighted by Crippen LogP contribution is -2.14. The molecule has 27 heavy (non-hydrogen) atoms. The Morgan fingerprint density at radius 1 is 0.630 bits per heavy atom. The van der Waals surface area contributed by atoms with Gasteiger partial charge >= 0.3 is 5.97 Å². The highest BCUT2D eigenvalue weighted by molar-refractivity contribution is 6.06. The lowest BCUT2D eigenvalue weighted by atomic mass is 9.88. The van der Waals surface area contributed by atoms with E-state index in [1.165, 1.54) is 12.1 Å². The predicted molar refractivity (Wildman–Crippen MR) is 101 cm³/mol. The molecule has 0 saturated carbocycles. The molecule has 0 atom stereocenters. The smallest absolute Gasteiger partial charge is 0.335 e. The first-order valence-corrected chi connectivity index (χ1v) is 8.06.